The van der Waals surface area contributed by atoms with Gasteiger partial charge in [-0.25, -0.2) is 0 Å². The molecule has 0 spiro atoms. The van der Waals surface area contributed by atoms with Crippen molar-refractivity contribution in [3.63, 3.8) is 0 Å². The topological polar surface area (TPSA) is 66.8 Å². The van der Waals surface area contributed by atoms with Gasteiger partial charge in [0, 0.05) is 26.1 Å². The Hall–Kier alpha value is -1.10. The van der Waals surface area contributed by atoms with Gasteiger partial charge >= 0.3 is 5.97 Å². The predicted octanol–water partition coefficient (Wildman–Crippen LogP) is 2.54. The van der Waals surface area contributed by atoms with E-state index in [4.69, 9.17) is 9.84 Å². The highest BCUT2D eigenvalue weighted by Crippen LogP contribution is 2.07. The third kappa shape index (κ3) is 8.91. The minimum Gasteiger partial charge on any atom is -0.481 e. The van der Waals surface area contributed by atoms with Crippen LogP contribution in [0.1, 0.15) is 53.4 Å². The zero-order valence-corrected chi connectivity index (χ0v) is 13.2. The first-order valence-electron chi connectivity index (χ1n) is 7.50. The molecule has 0 aromatic carbocycles. The van der Waals surface area contributed by atoms with Crippen LogP contribution in [-0.2, 0) is 14.3 Å². The number of hydrogen-bond acceptors (Lipinski definition) is 3. The molecular formula is C15H29NO4. The van der Waals surface area contributed by atoms with Gasteiger partial charge in [-0.2, -0.15) is 0 Å². The molecule has 0 fully saturated rings. The Morgan fingerprint density at radius 3 is 2.35 bits per heavy atom. The lowest BCUT2D eigenvalue weighted by Gasteiger charge is -2.25. The number of rotatable bonds is 11. The first-order valence-corrected chi connectivity index (χ1v) is 7.50. The Morgan fingerprint density at radius 1 is 1.20 bits per heavy atom. The average Bonchev–Trinajstić information content (AvgIpc) is 2.38. The largest absolute Gasteiger partial charge is 0.481 e. The molecule has 0 radical (unpaired) electrons. The Morgan fingerprint density at radius 2 is 1.85 bits per heavy atom. The second-order valence-electron chi connectivity index (χ2n) is 5.46. The lowest BCUT2D eigenvalue weighted by Crippen LogP contribution is -2.38. The molecule has 0 aliphatic carbocycles. The van der Waals surface area contributed by atoms with Crippen LogP contribution in [0.4, 0.5) is 0 Å². The summed E-state index contributed by atoms with van der Waals surface area (Å²) in [5.74, 6) is -1.35. The zero-order valence-electron chi connectivity index (χ0n) is 13.2. The van der Waals surface area contributed by atoms with Crippen molar-refractivity contribution >= 4 is 11.9 Å². The van der Waals surface area contributed by atoms with Gasteiger partial charge in [-0.1, -0.05) is 20.3 Å². The minimum absolute atomic E-state index is 0.0458. The predicted molar refractivity (Wildman–Crippen MR) is 78.6 cm³/mol. The number of amides is 1. The third-order valence-corrected chi connectivity index (χ3v) is 3.04. The van der Waals surface area contributed by atoms with Gasteiger partial charge in [0.2, 0.25) is 5.91 Å². The van der Waals surface area contributed by atoms with Crippen molar-refractivity contribution in [2.75, 3.05) is 19.7 Å². The first-order chi connectivity index (χ1) is 9.38. The fourth-order valence-electron chi connectivity index (χ4n) is 1.79. The molecule has 1 unspecified atom stereocenters. The first kappa shape index (κ1) is 18.9. The summed E-state index contributed by atoms with van der Waals surface area (Å²) >= 11 is 0. The molecule has 0 aliphatic heterocycles. The number of ether oxygens (including phenoxy) is 1. The fourth-order valence-corrected chi connectivity index (χ4v) is 1.79. The van der Waals surface area contributed by atoms with Crippen molar-refractivity contribution in [2.45, 2.75) is 59.5 Å². The number of nitrogens with zero attached hydrogens (tertiary/aromatic N) is 1. The molecule has 5 nitrogen and oxygen atoms in total. The number of unbranched alkanes of at least 4 members (excludes halogenated alkanes) is 1. The van der Waals surface area contributed by atoms with Crippen molar-refractivity contribution in [1.82, 2.24) is 4.90 Å². The molecule has 5 heteroatoms. The molecule has 0 aromatic rings. The minimum atomic E-state index is -0.864. The van der Waals surface area contributed by atoms with Gasteiger partial charge in [-0.05, 0) is 26.7 Å². The number of aliphatic carboxylic acids is 1. The molecule has 0 bridgehead atoms. The second-order valence-corrected chi connectivity index (χ2v) is 5.46. The highest BCUT2D eigenvalue weighted by atomic mass is 16.5. The molecule has 1 amide bonds. The Balaban J connectivity index is 4.30. The smallest absolute Gasteiger partial charge is 0.308 e. The van der Waals surface area contributed by atoms with Gasteiger partial charge in [0.05, 0.1) is 12.0 Å². The summed E-state index contributed by atoms with van der Waals surface area (Å²) in [5.41, 5.74) is 0. The number of hydrogen-bond donors (Lipinski definition) is 1. The van der Waals surface area contributed by atoms with Crippen LogP contribution in [-0.4, -0.2) is 47.7 Å². The molecule has 1 N–H and O–H groups in total. The van der Waals surface area contributed by atoms with Gasteiger partial charge in [-0.3, -0.25) is 9.59 Å². The van der Waals surface area contributed by atoms with Gasteiger partial charge in [-0.15, -0.1) is 0 Å². The maximum Gasteiger partial charge on any atom is 0.308 e. The van der Waals surface area contributed by atoms with Crippen molar-refractivity contribution in [3.8, 4) is 0 Å². The van der Waals surface area contributed by atoms with Crippen LogP contribution in [0.2, 0.25) is 0 Å². The number of carboxylic acids is 1. The third-order valence-electron chi connectivity index (χ3n) is 3.04. The summed E-state index contributed by atoms with van der Waals surface area (Å²) in [6.07, 6.45) is 3.22. The Kier molecular flexibility index (Phi) is 10.1. The van der Waals surface area contributed by atoms with Crippen LogP contribution in [0.3, 0.4) is 0 Å². The van der Waals surface area contributed by atoms with Crippen molar-refractivity contribution < 1.29 is 19.4 Å². The summed E-state index contributed by atoms with van der Waals surface area (Å²) in [6, 6.07) is 0. The van der Waals surface area contributed by atoms with E-state index in [0.717, 1.165) is 19.3 Å². The summed E-state index contributed by atoms with van der Waals surface area (Å²) < 4.78 is 5.45. The average molecular weight is 287 g/mol. The van der Waals surface area contributed by atoms with E-state index in [1.807, 2.05) is 20.8 Å². The molecular weight excluding hydrogens is 258 g/mol. The summed E-state index contributed by atoms with van der Waals surface area (Å²) in [4.78, 5) is 24.7. The quantitative estimate of drug-likeness (QED) is 0.593. The van der Waals surface area contributed by atoms with Crippen molar-refractivity contribution in [3.05, 3.63) is 0 Å². The molecule has 0 aromatic heterocycles. The molecule has 0 heterocycles. The molecule has 0 rings (SSSR count). The van der Waals surface area contributed by atoms with E-state index in [1.165, 1.54) is 0 Å². The molecule has 20 heavy (non-hydrogen) atoms. The summed E-state index contributed by atoms with van der Waals surface area (Å²) in [5, 5.41) is 8.97. The van der Waals surface area contributed by atoms with Gasteiger partial charge in [0.1, 0.15) is 0 Å². The number of carboxylic acid groups (broad SMARTS) is 1. The molecule has 0 saturated heterocycles. The van der Waals surface area contributed by atoms with E-state index < -0.39 is 11.9 Å². The lowest BCUT2D eigenvalue weighted by atomic mass is 10.1. The lowest BCUT2D eigenvalue weighted by molar-refractivity contribution is -0.143. The van der Waals surface area contributed by atoms with Gasteiger partial charge in [0.15, 0.2) is 0 Å². The monoisotopic (exact) mass is 287 g/mol. The molecule has 1 atom stereocenters. The SMILES string of the molecule is CCCCC(=O)N(CCCOC(C)C)CC(C)C(=O)O. The molecule has 0 aliphatic rings. The summed E-state index contributed by atoms with van der Waals surface area (Å²) in [6.45, 7) is 9.04. The van der Waals surface area contributed by atoms with Crippen LogP contribution >= 0.6 is 0 Å². The normalized spacial score (nSPS) is 12.4. The second kappa shape index (κ2) is 10.7. The Labute approximate surface area is 122 Å². The van der Waals surface area contributed by atoms with Crippen LogP contribution in [0.15, 0.2) is 0 Å². The van der Waals surface area contributed by atoms with E-state index in [2.05, 4.69) is 0 Å². The van der Waals surface area contributed by atoms with E-state index in [1.54, 1.807) is 11.8 Å². The molecule has 0 saturated carbocycles. The van der Waals surface area contributed by atoms with Gasteiger partial charge < -0.3 is 14.7 Å². The van der Waals surface area contributed by atoms with Crippen molar-refractivity contribution in [2.24, 2.45) is 5.92 Å². The number of carbonyl (C=O) groups excluding carboxylic acids is 1. The standard InChI is InChI=1S/C15H29NO4/c1-5-6-8-14(17)16(11-13(4)15(18)19)9-7-10-20-12(2)3/h12-13H,5-11H2,1-4H3,(H,18,19). The van der Waals surface area contributed by atoms with E-state index in [-0.39, 0.29) is 18.6 Å². The summed E-state index contributed by atoms with van der Waals surface area (Å²) in [7, 11) is 0. The van der Waals surface area contributed by atoms with Crippen LogP contribution in [0.5, 0.6) is 0 Å². The zero-order chi connectivity index (χ0) is 15.5. The van der Waals surface area contributed by atoms with E-state index >= 15 is 0 Å². The van der Waals surface area contributed by atoms with E-state index in [9.17, 15) is 9.59 Å². The van der Waals surface area contributed by atoms with E-state index in [0.29, 0.717) is 19.6 Å². The fraction of sp³-hybridized carbons (Fsp3) is 0.867. The maximum absolute atomic E-state index is 12.1. The van der Waals surface area contributed by atoms with Crippen LogP contribution in [0.25, 0.3) is 0 Å². The van der Waals surface area contributed by atoms with Crippen molar-refractivity contribution in [1.29, 1.82) is 0 Å². The van der Waals surface area contributed by atoms with Gasteiger partial charge in [0.25, 0.3) is 0 Å². The number of carbonyl (C=O) groups is 2. The van der Waals surface area contributed by atoms with Crippen LogP contribution in [0, 0.1) is 5.92 Å². The Bertz CT molecular complexity index is 292. The maximum atomic E-state index is 12.1. The van der Waals surface area contributed by atoms with Crippen LogP contribution < -0.4 is 0 Å². The highest BCUT2D eigenvalue weighted by Gasteiger charge is 2.19. The highest BCUT2D eigenvalue weighted by molar-refractivity contribution is 5.77. The molecule has 118 valence electrons.